The molecule has 0 spiro atoms. The number of guanidine groups is 1. The molecule has 1 heterocycles. The maximum atomic E-state index is 11.5. The lowest BCUT2D eigenvalue weighted by atomic mass is 9.93. The number of hydrogen-bond donors (Lipinski definition) is 2. The normalized spacial score (nSPS) is 15.5. The zero-order valence-corrected chi connectivity index (χ0v) is 17.0. The molecule has 1 aliphatic rings. The van der Waals surface area contributed by atoms with Crippen LogP contribution in [0, 0.1) is 5.92 Å². The molecule has 1 aromatic rings. The molecule has 0 aliphatic carbocycles. The maximum Gasteiger partial charge on any atom is 0.220 e. The Morgan fingerprint density at radius 1 is 1.22 bits per heavy atom. The fraction of sp³-hybridized carbons (Fsp3) is 0.619. The Balaban J connectivity index is 1.63. The second kappa shape index (κ2) is 11.5. The molecule has 2 rings (SSSR count). The van der Waals surface area contributed by atoms with Crippen molar-refractivity contribution in [3.05, 3.63) is 29.8 Å². The average molecular weight is 375 g/mol. The van der Waals surface area contributed by atoms with Gasteiger partial charge in [-0.15, -0.1) is 0 Å². The lowest BCUT2D eigenvalue weighted by molar-refractivity contribution is -0.121. The van der Waals surface area contributed by atoms with Gasteiger partial charge in [-0.05, 0) is 55.7 Å². The van der Waals surface area contributed by atoms with Gasteiger partial charge in [-0.25, -0.2) is 0 Å². The molecule has 2 N–H and O–H groups in total. The fourth-order valence-corrected chi connectivity index (χ4v) is 3.49. The van der Waals surface area contributed by atoms with Crippen LogP contribution < -0.4 is 15.4 Å². The lowest BCUT2D eigenvalue weighted by Gasteiger charge is -2.34. The monoisotopic (exact) mass is 374 g/mol. The van der Waals surface area contributed by atoms with Crippen molar-refractivity contribution in [3.8, 4) is 5.75 Å². The van der Waals surface area contributed by atoms with E-state index >= 15 is 0 Å². The van der Waals surface area contributed by atoms with Crippen LogP contribution in [0.15, 0.2) is 29.3 Å². The standard InChI is InChI=1S/C21H34N4O2/c1-22-20(26)16-18-11-14-25(15-12-18)21(23-2)24-13-5-4-6-17-7-9-19(27-3)10-8-17/h7-10,18H,4-6,11-16H2,1-3H3,(H,22,26)(H,23,24). The Morgan fingerprint density at radius 2 is 1.93 bits per heavy atom. The summed E-state index contributed by atoms with van der Waals surface area (Å²) >= 11 is 0. The molecule has 0 bridgehead atoms. The minimum atomic E-state index is 0.146. The molecule has 1 aliphatic heterocycles. The number of nitrogens with one attached hydrogen (secondary N) is 2. The van der Waals surface area contributed by atoms with Crippen molar-refractivity contribution in [1.29, 1.82) is 0 Å². The second-order valence-corrected chi connectivity index (χ2v) is 7.09. The first kappa shape index (κ1) is 21.1. The highest BCUT2D eigenvalue weighted by atomic mass is 16.5. The van der Waals surface area contributed by atoms with Crippen LogP contribution >= 0.6 is 0 Å². The molecule has 1 aromatic carbocycles. The third-order valence-electron chi connectivity index (χ3n) is 5.21. The number of unbranched alkanes of at least 4 members (excludes halogenated alkanes) is 1. The van der Waals surface area contributed by atoms with Gasteiger partial charge < -0.3 is 20.3 Å². The molecule has 6 nitrogen and oxygen atoms in total. The summed E-state index contributed by atoms with van der Waals surface area (Å²) in [5, 5.41) is 6.21. The van der Waals surface area contributed by atoms with Crippen LogP contribution in [0.5, 0.6) is 5.75 Å². The molecule has 0 aromatic heterocycles. The van der Waals surface area contributed by atoms with Crippen LogP contribution in [0.3, 0.4) is 0 Å². The summed E-state index contributed by atoms with van der Waals surface area (Å²) in [6.07, 6.45) is 6.07. The molecular formula is C21H34N4O2. The third-order valence-corrected chi connectivity index (χ3v) is 5.21. The van der Waals surface area contributed by atoms with E-state index in [1.165, 1.54) is 5.56 Å². The maximum absolute atomic E-state index is 11.5. The average Bonchev–Trinajstić information content (AvgIpc) is 2.72. The first-order valence-electron chi connectivity index (χ1n) is 9.95. The third kappa shape index (κ3) is 7.12. The minimum Gasteiger partial charge on any atom is -0.497 e. The highest BCUT2D eigenvalue weighted by Gasteiger charge is 2.22. The highest BCUT2D eigenvalue weighted by molar-refractivity contribution is 5.80. The summed E-state index contributed by atoms with van der Waals surface area (Å²) in [7, 11) is 5.24. The molecule has 0 radical (unpaired) electrons. The van der Waals surface area contributed by atoms with Gasteiger partial charge in [0.05, 0.1) is 7.11 Å². The summed E-state index contributed by atoms with van der Waals surface area (Å²) in [6.45, 7) is 2.86. The first-order valence-corrected chi connectivity index (χ1v) is 9.95. The van der Waals surface area contributed by atoms with Gasteiger partial charge >= 0.3 is 0 Å². The number of carbonyl (C=O) groups excluding carboxylic acids is 1. The van der Waals surface area contributed by atoms with Crippen molar-refractivity contribution in [3.63, 3.8) is 0 Å². The van der Waals surface area contributed by atoms with Crippen LogP contribution in [0.1, 0.15) is 37.7 Å². The Labute approximate surface area is 163 Å². The van der Waals surface area contributed by atoms with E-state index in [2.05, 4.69) is 32.7 Å². The zero-order chi connectivity index (χ0) is 19.5. The van der Waals surface area contributed by atoms with Crippen molar-refractivity contribution in [1.82, 2.24) is 15.5 Å². The number of ether oxygens (including phenoxy) is 1. The van der Waals surface area contributed by atoms with Crippen molar-refractivity contribution in [2.75, 3.05) is 40.8 Å². The van der Waals surface area contributed by atoms with E-state index in [1.54, 1.807) is 14.2 Å². The van der Waals surface area contributed by atoms with E-state index in [-0.39, 0.29) is 5.91 Å². The first-order chi connectivity index (χ1) is 13.2. The highest BCUT2D eigenvalue weighted by Crippen LogP contribution is 2.20. The van der Waals surface area contributed by atoms with E-state index in [1.807, 2.05) is 19.2 Å². The van der Waals surface area contributed by atoms with E-state index < -0.39 is 0 Å². The molecule has 27 heavy (non-hydrogen) atoms. The Bertz CT molecular complexity index is 593. The van der Waals surface area contributed by atoms with E-state index in [0.29, 0.717) is 12.3 Å². The Kier molecular flexibility index (Phi) is 8.95. The summed E-state index contributed by atoms with van der Waals surface area (Å²) in [6, 6.07) is 8.30. The molecular weight excluding hydrogens is 340 g/mol. The summed E-state index contributed by atoms with van der Waals surface area (Å²) in [4.78, 5) is 18.3. The van der Waals surface area contributed by atoms with Crippen LogP contribution in [-0.2, 0) is 11.2 Å². The van der Waals surface area contributed by atoms with E-state index in [9.17, 15) is 4.79 Å². The Hall–Kier alpha value is -2.24. The van der Waals surface area contributed by atoms with Gasteiger partial charge in [0.2, 0.25) is 5.91 Å². The fourth-order valence-electron chi connectivity index (χ4n) is 3.49. The zero-order valence-electron chi connectivity index (χ0n) is 17.0. The molecule has 150 valence electrons. The van der Waals surface area contributed by atoms with Crippen molar-refractivity contribution in [2.24, 2.45) is 10.9 Å². The summed E-state index contributed by atoms with van der Waals surface area (Å²) in [5.41, 5.74) is 1.35. The van der Waals surface area contributed by atoms with E-state index in [0.717, 1.165) is 63.4 Å². The SMILES string of the molecule is CN=C(NCCCCc1ccc(OC)cc1)N1CCC(CC(=O)NC)CC1. The molecule has 1 amide bonds. The second-order valence-electron chi connectivity index (χ2n) is 7.09. The van der Waals surface area contributed by atoms with Crippen molar-refractivity contribution in [2.45, 2.75) is 38.5 Å². The summed E-state index contributed by atoms with van der Waals surface area (Å²) in [5.74, 6) is 2.53. The number of carbonyl (C=O) groups is 1. The van der Waals surface area contributed by atoms with Gasteiger partial charge in [-0.2, -0.15) is 0 Å². The van der Waals surface area contributed by atoms with E-state index in [4.69, 9.17) is 4.74 Å². The molecule has 1 fully saturated rings. The predicted molar refractivity (Wildman–Crippen MR) is 110 cm³/mol. The van der Waals surface area contributed by atoms with Gasteiger partial charge in [-0.3, -0.25) is 9.79 Å². The molecule has 0 atom stereocenters. The number of aryl methyl sites for hydroxylation is 1. The number of likely N-dealkylation sites (tertiary alicyclic amines) is 1. The number of piperidine rings is 1. The minimum absolute atomic E-state index is 0.146. The molecule has 0 unspecified atom stereocenters. The molecule has 0 saturated carbocycles. The smallest absolute Gasteiger partial charge is 0.220 e. The number of hydrogen-bond acceptors (Lipinski definition) is 3. The number of rotatable bonds is 8. The number of amides is 1. The topological polar surface area (TPSA) is 66.0 Å². The Morgan fingerprint density at radius 3 is 2.52 bits per heavy atom. The number of nitrogens with zero attached hydrogens (tertiary/aromatic N) is 2. The number of benzene rings is 1. The molecule has 1 saturated heterocycles. The number of aliphatic imine (C=N–C) groups is 1. The van der Waals surface area contributed by atoms with Crippen LogP contribution in [0.25, 0.3) is 0 Å². The van der Waals surface area contributed by atoms with Crippen molar-refractivity contribution < 1.29 is 9.53 Å². The quantitative estimate of drug-likeness (QED) is 0.417. The van der Waals surface area contributed by atoms with Gasteiger partial charge in [0.15, 0.2) is 5.96 Å². The predicted octanol–water partition coefficient (Wildman–Crippen LogP) is 2.44. The van der Waals surface area contributed by atoms with Crippen LogP contribution in [0.2, 0.25) is 0 Å². The number of methoxy groups -OCH3 is 1. The van der Waals surface area contributed by atoms with Gasteiger partial charge in [0.25, 0.3) is 0 Å². The van der Waals surface area contributed by atoms with Gasteiger partial charge in [0.1, 0.15) is 5.75 Å². The molecule has 6 heteroatoms. The van der Waals surface area contributed by atoms with Gasteiger partial charge in [-0.1, -0.05) is 12.1 Å². The lowest BCUT2D eigenvalue weighted by Crippen LogP contribution is -2.46. The van der Waals surface area contributed by atoms with Gasteiger partial charge in [0, 0.05) is 40.2 Å². The van der Waals surface area contributed by atoms with Crippen molar-refractivity contribution >= 4 is 11.9 Å². The largest absolute Gasteiger partial charge is 0.497 e. The summed E-state index contributed by atoms with van der Waals surface area (Å²) < 4.78 is 5.19. The van der Waals surface area contributed by atoms with Crippen LogP contribution in [-0.4, -0.2) is 57.6 Å². The van der Waals surface area contributed by atoms with Crippen LogP contribution in [0.4, 0.5) is 0 Å².